The third-order valence-corrected chi connectivity index (χ3v) is 7.95. The van der Waals surface area contributed by atoms with E-state index in [0.29, 0.717) is 35.9 Å². The molecule has 1 fully saturated rings. The Morgan fingerprint density at radius 2 is 1.76 bits per heavy atom. The van der Waals surface area contributed by atoms with E-state index in [1.165, 1.54) is 11.2 Å². The largest absolute Gasteiger partial charge is 0.496 e. The van der Waals surface area contributed by atoms with Gasteiger partial charge >= 0.3 is 5.97 Å². The fraction of sp³-hybridized carbons (Fsp3) is 0.346. The second kappa shape index (κ2) is 10.7. The molecule has 0 saturated carbocycles. The molecular weight excluding hydrogens is 498 g/mol. The van der Waals surface area contributed by atoms with Crippen molar-refractivity contribution in [1.82, 2.24) is 9.03 Å². The summed E-state index contributed by atoms with van der Waals surface area (Å²) in [7, 11) is -0.675. The van der Waals surface area contributed by atoms with Crippen LogP contribution in [0.3, 0.4) is 0 Å². The molecule has 196 valence electrons. The Hall–Kier alpha value is -3.72. The van der Waals surface area contributed by atoms with E-state index >= 15 is 0 Å². The maximum absolute atomic E-state index is 12.4. The first kappa shape index (κ1) is 26.3. The van der Waals surface area contributed by atoms with Crippen LogP contribution in [-0.4, -0.2) is 70.2 Å². The van der Waals surface area contributed by atoms with E-state index in [0.717, 1.165) is 22.2 Å². The van der Waals surface area contributed by atoms with Gasteiger partial charge in [-0.25, -0.2) is 0 Å². The zero-order valence-electron chi connectivity index (χ0n) is 21.1. The number of carbonyl (C=O) groups is 1. The van der Waals surface area contributed by atoms with Gasteiger partial charge in [0.2, 0.25) is 0 Å². The summed E-state index contributed by atoms with van der Waals surface area (Å²) >= 11 is 0. The molecular formula is C26H29N3O7S. The minimum absolute atomic E-state index is 0.253. The number of fused-ring (bicyclic) bond motifs is 1. The lowest BCUT2D eigenvalue weighted by molar-refractivity contribution is -0.138. The third kappa shape index (κ3) is 5.67. The molecule has 0 radical (unpaired) electrons. The predicted octanol–water partition coefficient (Wildman–Crippen LogP) is 2.59. The molecule has 4 rings (SSSR count). The molecule has 10 nitrogen and oxygen atoms in total. The number of carboxylic acid groups (broad SMARTS) is 1. The highest BCUT2D eigenvalue weighted by molar-refractivity contribution is 7.87. The van der Waals surface area contributed by atoms with E-state index in [9.17, 15) is 13.2 Å². The van der Waals surface area contributed by atoms with Crippen molar-refractivity contribution >= 4 is 32.8 Å². The van der Waals surface area contributed by atoms with Crippen molar-refractivity contribution in [3.8, 4) is 23.3 Å². The zero-order valence-corrected chi connectivity index (χ0v) is 21.9. The summed E-state index contributed by atoms with van der Waals surface area (Å²) in [6.07, 6.45) is 0. The molecule has 37 heavy (non-hydrogen) atoms. The molecule has 11 heteroatoms. The van der Waals surface area contributed by atoms with Gasteiger partial charge in [0, 0.05) is 55.1 Å². The Bertz CT molecular complexity index is 1460. The number of benzene rings is 2. The number of hydrogen-bond donors (Lipinski definition) is 2. The third-order valence-electron chi connectivity index (χ3n) is 6.25. The van der Waals surface area contributed by atoms with Crippen LogP contribution in [0.25, 0.3) is 11.0 Å². The predicted molar refractivity (Wildman–Crippen MR) is 139 cm³/mol. The highest BCUT2D eigenvalue weighted by Gasteiger charge is 2.29. The molecule has 1 aliphatic heterocycles. The number of aryl methyl sites for hydroxylation is 1. The van der Waals surface area contributed by atoms with Crippen molar-refractivity contribution < 1.29 is 32.2 Å². The number of nitrogens with zero attached hydrogens (tertiary/aromatic N) is 2. The highest BCUT2D eigenvalue weighted by atomic mass is 32.2. The van der Waals surface area contributed by atoms with Gasteiger partial charge < -0.3 is 23.9 Å². The number of nitrogens with one attached hydrogen (secondary N) is 1. The molecule has 3 aromatic rings. The van der Waals surface area contributed by atoms with Gasteiger partial charge in [0.05, 0.1) is 19.6 Å². The van der Waals surface area contributed by atoms with Gasteiger partial charge in [-0.05, 0) is 44.0 Å². The van der Waals surface area contributed by atoms with Gasteiger partial charge in [0.25, 0.3) is 10.2 Å². The van der Waals surface area contributed by atoms with E-state index in [-0.39, 0.29) is 13.1 Å². The summed E-state index contributed by atoms with van der Waals surface area (Å²) in [5.41, 5.74) is 3.29. The minimum atomic E-state index is -3.86. The van der Waals surface area contributed by atoms with E-state index in [4.69, 9.17) is 19.0 Å². The number of carboxylic acids is 1. The maximum atomic E-state index is 12.4. The quantitative estimate of drug-likeness (QED) is 0.450. The molecule has 0 bridgehead atoms. The first-order chi connectivity index (χ1) is 17.6. The summed E-state index contributed by atoms with van der Waals surface area (Å²) in [6, 6.07) is 10.1. The lowest BCUT2D eigenvalue weighted by Gasteiger charge is -2.35. The second-order valence-electron chi connectivity index (χ2n) is 8.62. The molecule has 0 aliphatic carbocycles. The summed E-state index contributed by atoms with van der Waals surface area (Å²) in [4.78, 5) is 13.1. The lowest BCUT2D eigenvalue weighted by Crippen LogP contribution is -2.54. The molecule has 1 saturated heterocycles. The monoisotopic (exact) mass is 527 g/mol. The van der Waals surface area contributed by atoms with Gasteiger partial charge in [0.15, 0.2) is 5.76 Å². The van der Waals surface area contributed by atoms with Gasteiger partial charge in [-0.15, -0.1) is 0 Å². The Labute approximate surface area is 215 Å². The number of hydrogen-bond acceptors (Lipinski definition) is 7. The number of aliphatic carboxylic acids is 1. The summed E-state index contributed by atoms with van der Waals surface area (Å²) in [5.74, 6) is 6.86. The molecule has 1 aliphatic rings. The number of anilines is 1. The Kier molecular flexibility index (Phi) is 7.63. The van der Waals surface area contributed by atoms with Crippen LogP contribution in [0.1, 0.15) is 23.8 Å². The summed E-state index contributed by atoms with van der Waals surface area (Å²) in [5, 5.41) is 9.83. The lowest BCUT2D eigenvalue weighted by atomic mass is 10.1. The van der Waals surface area contributed by atoms with Crippen LogP contribution >= 0.6 is 0 Å². The average Bonchev–Trinajstić information content (AvgIpc) is 3.22. The Balaban J connectivity index is 1.44. The summed E-state index contributed by atoms with van der Waals surface area (Å²) < 4.78 is 45.1. The Morgan fingerprint density at radius 3 is 2.35 bits per heavy atom. The highest BCUT2D eigenvalue weighted by Crippen LogP contribution is 2.36. The fourth-order valence-electron chi connectivity index (χ4n) is 4.13. The minimum Gasteiger partial charge on any atom is -0.496 e. The van der Waals surface area contributed by atoms with Crippen molar-refractivity contribution in [2.24, 2.45) is 0 Å². The molecule has 1 aromatic heterocycles. The van der Waals surface area contributed by atoms with Crippen LogP contribution in [0.15, 0.2) is 40.8 Å². The van der Waals surface area contributed by atoms with E-state index in [1.54, 1.807) is 20.3 Å². The van der Waals surface area contributed by atoms with Crippen molar-refractivity contribution in [2.75, 3.05) is 45.3 Å². The van der Waals surface area contributed by atoms with Crippen LogP contribution in [-0.2, 0) is 15.0 Å². The van der Waals surface area contributed by atoms with Crippen molar-refractivity contribution in [2.45, 2.75) is 19.9 Å². The zero-order chi connectivity index (χ0) is 26.7. The normalized spacial score (nSPS) is 15.2. The van der Waals surface area contributed by atoms with Gasteiger partial charge in [-0.2, -0.15) is 17.4 Å². The van der Waals surface area contributed by atoms with Gasteiger partial charge in [-0.3, -0.25) is 4.79 Å². The molecule has 0 unspecified atom stereocenters. The van der Waals surface area contributed by atoms with Crippen LogP contribution in [0.2, 0.25) is 0 Å². The number of methoxy groups -OCH3 is 2. The SMILES string of the molecule is COc1cc(OC)c2c(C)c(C#Cc3ccc(N4CCN(S(=O)(=O)N[C@H](C)C(=O)O)CC4)cc3)oc2c1. The van der Waals surface area contributed by atoms with Crippen molar-refractivity contribution in [3.05, 3.63) is 53.3 Å². The van der Waals surface area contributed by atoms with Gasteiger partial charge in [-0.1, -0.05) is 5.92 Å². The van der Waals surface area contributed by atoms with Crippen LogP contribution < -0.4 is 19.1 Å². The van der Waals surface area contributed by atoms with Crippen molar-refractivity contribution in [3.63, 3.8) is 0 Å². The van der Waals surface area contributed by atoms with Gasteiger partial charge in [0.1, 0.15) is 23.1 Å². The van der Waals surface area contributed by atoms with Crippen LogP contribution in [0.5, 0.6) is 11.5 Å². The molecule has 0 amide bonds. The Morgan fingerprint density at radius 1 is 1.08 bits per heavy atom. The molecule has 2 aromatic carbocycles. The standard InChI is InChI=1S/C26H29N3O7S/c1-17-22(36-24-16-21(34-3)15-23(35-4)25(17)24)10-7-19-5-8-20(9-6-19)28-11-13-29(14-12-28)37(32,33)27-18(2)26(30)31/h5-6,8-9,15-16,18,27H,11-14H2,1-4H3,(H,30,31)/t18-/m1/s1. The summed E-state index contributed by atoms with van der Waals surface area (Å²) in [6.45, 7) is 4.70. The molecule has 1 atom stereocenters. The van der Waals surface area contributed by atoms with Crippen LogP contribution in [0, 0.1) is 18.8 Å². The van der Waals surface area contributed by atoms with E-state index in [1.807, 2.05) is 37.3 Å². The average molecular weight is 528 g/mol. The van der Waals surface area contributed by atoms with E-state index in [2.05, 4.69) is 21.5 Å². The second-order valence-corrected chi connectivity index (χ2v) is 10.3. The molecule has 2 N–H and O–H groups in total. The fourth-order valence-corrected chi connectivity index (χ4v) is 5.47. The van der Waals surface area contributed by atoms with Crippen molar-refractivity contribution in [1.29, 1.82) is 0 Å². The topological polar surface area (TPSA) is 122 Å². The molecule has 2 heterocycles. The number of furan rings is 1. The van der Waals surface area contributed by atoms with Crippen LogP contribution in [0.4, 0.5) is 5.69 Å². The number of piperazine rings is 1. The molecule has 0 spiro atoms. The number of ether oxygens (including phenoxy) is 2. The number of rotatable bonds is 7. The van der Waals surface area contributed by atoms with E-state index < -0.39 is 22.2 Å². The first-order valence-corrected chi connectivity index (χ1v) is 13.1. The smallest absolute Gasteiger partial charge is 0.321 e. The maximum Gasteiger partial charge on any atom is 0.321 e. The first-order valence-electron chi connectivity index (χ1n) is 11.7.